The molecule has 2 N–H and O–H groups in total. The standard InChI is InChI=1S/C19H21ClN4O/c1-14-17(12-22-23-14)11-21-19(25)10-16(13-24-8-2-3-9-24)15-4-6-18(20)7-5-15/h2-9,12,16H,10-11,13H2,1H3,(H,21,25)(H,22,23)/t16-/m0/s1. The van der Waals surface area contributed by atoms with E-state index in [-0.39, 0.29) is 11.8 Å². The topological polar surface area (TPSA) is 62.7 Å². The second-order valence-corrected chi connectivity index (χ2v) is 6.57. The Hall–Kier alpha value is -2.53. The number of halogens is 1. The van der Waals surface area contributed by atoms with Gasteiger partial charge in [0.15, 0.2) is 0 Å². The number of carbonyl (C=O) groups is 1. The van der Waals surface area contributed by atoms with E-state index in [1.807, 2.05) is 55.7 Å². The SMILES string of the molecule is Cc1[nH]ncc1CNC(=O)C[C@@H](Cn1cccc1)c1ccc(Cl)cc1. The minimum Gasteiger partial charge on any atom is -0.354 e. The van der Waals surface area contributed by atoms with Gasteiger partial charge in [-0.05, 0) is 36.8 Å². The average molecular weight is 357 g/mol. The first-order valence-corrected chi connectivity index (χ1v) is 8.61. The molecule has 0 aliphatic heterocycles. The molecule has 2 aromatic heterocycles. The van der Waals surface area contributed by atoms with Crippen molar-refractivity contribution in [3.63, 3.8) is 0 Å². The van der Waals surface area contributed by atoms with E-state index < -0.39 is 0 Å². The van der Waals surface area contributed by atoms with Crippen molar-refractivity contribution in [2.45, 2.75) is 32.4 Å². The molecular formula is C19H21ClN4O. The smallest absolute Gasteiger partial charge is 0.220 e. The molecule has 0 aliphatic carbocycles. The number of aromatic amines is 1. The van der Waals surface area contributed by atoms with Gasteiger partial charge in [0.1, 0.15) is 0 Å². The van der Waals surface area contributed by atoms with Gasteiger partial charge in [-0.25, -0.2) is 0 Å². The van der Waals surface area contributed by atoms with Crippen molar-refractivity contribution in [1.29, 1.82) is 0 Å². The molecule has 6 heteroatoms. The van der Waals surface area contributed by atoms with E-state index in [0.717, 1.165) is 23.4 Å². The van der Waals surface area contributed by atoms with Gasteiger partial charge < -0.3 is 9.88 Å². The molecule has 1 aromatic carbocycles. The minimum atomic E-state index is 0.0210. The number of aryl methyl sites for hydroxylation is 1. The van der Waals surface area contributed by atoms with Crippen molar-refractivity contribution < 1.29 is 4.79 Å². The zero-order valence-corrected chi connectivity index (χ0v) is 14.8. The molecule has 0 saturated carbocycles. The summed E-state index contributed by atoms with van der Waals surface area (Å²) < 4.78 is 2.09. The molecule has 0 aliphatic rings. The van der Waals surface area contributed by atoms with E-state index in [2.05, 4.69) is 20.1 Å². The third-order valence-corrected chi connectivity index (χ3v) is 4.53. The van der Waals surface area contributed by atoms with Gasteiger partial charge in [0.25, 0.3) is 0 Å². The first-order valence-electron chi connectivity index (χ1n) is 8.23. The van der Waals surface area contributed by atoms with Crippen LogP contribution in [0.5, 0.6) is 0 Å². The van der Waals surface area contributed by atoms with Crippen molar-refractivity contribution in [1.82, 2.24) is 20.1 Å². The maximum Gasteiger partial charge on any atom is 0.220 e. The van der Waals surface area contributed by atoms with Crippen LogP contribution >= 0.6 is 11.6 Å². The highest BCUT2D eigenvalue weighted by molar-refractivity contribution is 6.30. The van der Waals surface area contributed by atoms with Crippen LogP contribution in [0, 0.1) is 6.92 Å². The lowest BCUT2D eigenvalue weighted by Gasteiger charge is -2.18. The Morgan fingerprint density at radius 2 is 2.00 bits per heavy atom. The first kappa shape index (κ1) is 17.3. The van der Waals surface area contributed by atoms with Crippen molar-refractivity contribution in [3.8, 4) is 0 Å². The number of aromatic nitrogens is 3. The summed E-state index contributed by atoms with van der Waals surface area (Å²) in [5, 5.41) is 10.5. The number of hydrogen-bond acceptors (Lipinski definition) is 2. The fourth-order valence-electron chi connectivity index (χ4n) is 2.81. The van der Waals surface area contributed by atoms with Gasteiger partial charge in [0, 0.05) is 54.1 Å². The molecule has 1 atom stereocenters. The summed E-state index contributed by atoms with van der Waals surface area (Å²) in [4.78, 5) is 12.5. The Morgan fingerprint density at radius 3 is 2.64 bits per heavy atom. The third-order valence-electron chi connectivity index (χ3n) is 4.28. The number of amides is 1. The van der Waals surface area contributed by atoms with E-state index in [9.17, 15) is 4.79 Å². The Labute approximate surface area is 152 Å². The summed E-state index contributed by atoms with van der Waals surface area (Å²) in [6.45, 7) is 3.17. The first-order chi connectivity index (χ1) is 12.1. The van der Waals surface area contributed by atoms with Crippen LogP contribution in [0.4, 0.5) is 0 Å². The van der Waals surface area contributed by atoms with Crippen LogP contribution in [0.25, 0.3) is 0 Å². The molecule has 0 bridgehead atoms. The highest BCUT2D eigenvalue weighted by atomic mass is 35.5. The largest absolute Gasteiger partial charge is 0.354 e. The highest BCUT2D eigenvalue weighted by Gasteiger charge is 2.17. The quantitative estimate of drug-likeness (QED) is 0.678. The summed E-state index contributed by atoms with van der Waals surface area (Å²) in [5.74, 6) is 0.0998. The number of nitrogens with zero attached hydrogens (tertiary/aromatic N) is 2. The van der Waals surface area contributed by atoms with Gasteiger partial charge in [-0.2, -0.15) is 5.10 Å². The number of H-pyrrole nitrogens is 1. The Kier molecular flexibility index (Phi) is 5.56. The summed E-state index contributed by atoms with van der Waals surface area (Å²) in [6, 6.07) is 11.7. The van der Waals surface area contributed by atoms with Crippen LogP contribution in [-0.4, -0.2) is 20.7 Å². The van der Waals surface area contributed by atoms with Crippen molar-refractivity contribution in [2.24, 2.45) is 0 Å². The fraction of sp³-hybridized carbons (Fsp3) is 0.263. The lowest BCUT2D eigenvalue weighted by Crippen LogP contribution is -2.26. The Bertz CT molecular complexity index is 808. The minimum absolute atomic E-state index is 0.0210. The molecular weight excluding hydrogens is 336 g/mol. The monoisotopic (exact) mass is 356 g/mol. The second kappa shape index (κ2) is 8.03. The number of nitrogens with one attached hydrogen (secondary N) is 2. The van der Waals surface area contributed by atoms with E-state index in [0.29, 0.717) is 18.0 Å². The predicted octanol–water partition coefficient (Wildman–Crippen LogP) is 3.66. The second-order valence-electron chi connectivity index (χ2n) is 6.13. The molecule has 2 heterocycles. The molecule has 25 heavy (non-hydrogen) atoms. The Balaban J connectivity index is 1.67. The predicted molar refractivity (Wildman–Crippen MR) is 98.4 cm³/mol. The maximum absolute atomic E-state index is 12.5. The molecule has 0 spiro atoms. The summed E-state index contributed by atoms with van der Waals surface area (Å²) in [5.41, 5.74) is 3.08. The average Bonchev–Trinajstić information content (AvgIpc) is 3.25. The third kappa shape index (κ3) is 4.73. The van der Waals surface area contributed by atoms with Crippen LogP contribution in [0.1, 0.15) is 29.2 Å². The van der Waals surface area contributed by atoms with E-state index in [4.69, 9.17) is 11.6 Å². The summed E-state index contributed by atoms with van der Waals surface area (Å²) in [6.07, 6.45) is 6.17. The van der Waals surface area contributed by atoms with Gasteiger partial charge >= 0.3 is 0 Å². The number of benzene rings is 1. The van der Waals surface area contributed by atoms with E-state index in [1.165, 1.54) is 0 Å². The molecule has 0 radical (unpaired) electrons. The molecule has 0 fully saturated rings. The zero-order chi connectivity index (χ0) is 17.6. The number of rotatable bonds is 7. The summed E-state index contributed by atoms with van der Waals surface area (Å²) in [7, 11) is 0. The van der Waals surface area contributed by atoms with Crippen LogP contribution in [0.2, 0.25) is 5.02 Å². The van der Waals surface area contributed by atoms with Gasteiger partial charge in [-0.1, -0.05) is 23.7 Å². The van der Waals surface area contributed by atoms with Crippen LogP contribution < -0.4 is 5.32 Å². The Morgan fingerprint density at radius 1 is 1.28 bits per heavy atom. The van der Waals surface area contributed by atoms with Crippen LogP contribution in [0.3, 0.4) is 0 Å². The maximum atomic E-state index is 12.5. The lowest BCUT2D eigenvalue weighted by atomic mass is 9.95. The van der Waals surface area contributed by atoms with Crippen molar-refractivity contribution in [3.05, 3.63) is 76.8 Å². The van der Waals surface area contributed by atoms with Crippen molar-refractivity contribution >= 4 is 17.5 Å². The van der Waals surface area contributed by atoms with Gasteiger partial charge in [-0.15, -0.1) is 0 Å². The number of carbonyl (C=O) groups excluding carboxylic acids is 1. The normalized spacial score (nSPS) is 12.1. The zero-order valence-electron chi connectivity index (χ0n) is 14.1. The van der Waals surface area contributed by atoms with E-state index in [1.54, 1.807) is 6.20 Å². The molecule has 3 rings (SSSR count). The molecule has 0 unspecified atom stereocenters. The fourth-order valence-corrected chi connectivity index (χ4v) is 2.94. The molecule has 1 amide bonds. The highest BCUT2D eigenvalue weighted by Crippen LogP contribution is 2.24. The van der Waals surface area contributed by atoms with Crippen molar-refractivity contribution in [2.75, 3.05) is 0 Å². The van der Waals surface area contributed by atoms with E-state index >= 15 is 0 Å². The molecule has 3 aromatic rings. The van der Waals surface area contributed by atoms with Gasteiger partial charge in [-0.3, -0.25) is 9.89 Å². The van der Waals surface area contributed by atoms with Crippen LogP contribution in [-0.2, 0) is 17.9 Å². The molecule has 130 valence electrons. The number of hydrogen-bond donors (Lipinski definition) is 2. The van der Waals surface area contributed by atoms with Gasteiger partial charge in [0.05, 0.1) is 6.20 Å². The lowest BCUT2D eigenvalue weighted by molar-refractivity contribution is -0.121. The molecule has 5 nitrogen and oxygen atoms in total. The van der Waals surface area contributed by atoms with Gasteiger partial charge in [0.2, 0.25) is 5.91 Å². The van der Waals surface area contributed by atoms with Crippen LogP contribution in [0.15, 0.2) is 55.0 Å². The molecule has 0 saturated heterocycles. The summed E-state index contributed by atoms with van der Waals surface area (Å²) >= 11 is 5.99.